The summed E-state index contributed by atoms with van der Waals surface area (Å²) in [6.07, 6.45) is -1.43. The molecule has 0 saturated heterocycles. The molecule has 0 unspecified atom stereocenters. The molecule has 0 aliphatic heterocycles. The fourth-order valence-corrected chi connectivity index (χ4v) is 2.21. The average molecular weight is 329 g/mol. The van der Waals surface area contributed by atoms with Crippen LogP contribution in [0.15, 0.2) is 24.3 Å². The van der Waals surface area contributed by atoms with E-state index in [0.717, 1.165) is 0 Å². The molecular weight excluding hydrogens is 309 g/mol. The molecule has 7 nitrogen and oxygen atoms in total. The van der Waals surface area contributed by atoms with E-state index < -0.39 is 31.2 Å². The van der Waals surface area contributed by atoms with Crippen LogP contribution in [0.25, 0.3) is 0 Å². The monoisotopic (exact) mass is 329 g/mol. The van der Waals surface area contributed by atoms with Gasteiger partial charge in [0.25, 0.3) is 0 Å². The predicted octanol–water partition coefficient (Wildman–Crippen LogP) is 2.32. The molecule has 0 saturated carbocycles. The van der Waals surface area contributed by atoms with Gasteiger partial charge < -0.3 is 14.5 Å². The van der Waals surface area contributed by atoms with Crippen LogP contribution in [0.4, 0.5) is 10.5 Å². The quantitative estimate of drug-likeness (QED) is 0.715. The number of ether oxygens (including phenoxy) is 1. The van der Waals surface area contributed by atoms with Gasteiger partial charge in [0, 0.05) is 12.1 Å². The summed E-state index contributed by atoms with van der Waals surface area (Å²) in [4.78, 5) is 40.5. The van der Waals surface area contributed by atoms with Gasteiger partial charge in [-0.05, 0) is 38.5 Å². The van der Waals surface area contributed by atoms with Gasteiger partial charge in [-0.2, -0.15) is 0 Å². The number of anilines is 1. The van der Waals surface area contributed by atoms with Crippen molar-refractivity contribution in [2.75, 3.05) is 11.5 Å². The van der Waals surface area contributed by atoms with Crippen molar-refractivity contribution in [2.24, 2.45) is 0 Å². The second-order valence-corrected chi connectivity index (χ2v) is 7.51. The van der Waals surface area contributed by atoms with Crippen molar-refractivity contribution >= 4 is 25.2 Å². The van der Waals surface area contributed by atoms with Crippen molar-refractivity contribution in [3.63, 3.8) is 0 Å². The molecule has 1 aromatic carbocycles. The first kappa shape index (κ1) is 18.4. The maximum absolute atomic E-state index is 11.6. The van der Waals surface area contributed by atoms with E-state index in [1.165, 1.54) is 0 Å². The Kier molecular flexibility index (Phi) is 5.88. The third-order valence-electron chi connectivity index (χ3n) is 2.38. The maximum atomic E-state index is 11.6. The molecule has 1 amide bonds. The van der Waals surface area contributed by atoms with Gasteiger partial charge in [-0.1, -0.05) is 12.1 Å². The van der Waals surface area contributed by atoms with Crippen molar-refractivity contribution < 1.29 is 28.7 Å². The van der Waals surface area contributed by atoms with Gasteiger partial charge in [-0.3, -0.25) is 14.7 Å². The highest BCUT2D eigenvalue weighted by Gasteiger charge is 2.19. The molecule has 122 valence electrons. The molecule has 0 fully saturated rings. The topological polar surface area (TPSA) is 113 Å². The molecular formula is C14H20NO6P. The molecule has 1 rings (SSSR count). The van der Waals surface area contributed by atoms with Crippen LogP contribution >= 0.6 is 7.60 Å². The summed E-state index contributed by atoms with van der Waals surface area (Å²) >= 11 is 0. The highest BCUT2D eigenvalue weighted by molar-refractivity contribution is 7.52. The van der Waals surface area contributed by atoms with Gasteiger partial charge in [-0.15, -0.1) is 0 Å². The van der Waals surface area contributed by atoms with E-state index in [0.29, 0.717) is 11.3 Å². The zero-order valence-electron chi connectivity index (χ0n) is 12.7. The molecule has 0 heterocycles. The van der Waals surface area contributed by atoms with E-state index in [9.17, 15) is 14.2 Å². The lowest BCUT2D eigenvalue weighted by atomic mass is 10.1. The lowest BCUT2D eigenvalue weighted by molar-refractivity contribution is -0.116. The normalized spacial score (nSPS) is 11.9. The minimum Gasteiger partial charge on any atom is -0.444 e. The summed E-state index contributed by atoms with van der Waals surface area (Å²) in [5.41, 5.74) is 0.507. The van der Waals surface area contributed by atoms with E-state index in [4.69, 9.17) is 14.5 Å². The van der Waals surface area contributed by atoms with E-state index in [1.807, 2.05) is 0 Å². The smallest absolute Gasteiger partial charge is 0.412 e. The SMILES string of the molecule is CC(C)(C)OC(=O)Nc1ccc(CC(=O)CP(=O)(O)O)cc1. The second-order valence-electron chi connectivity index (χ2n) is 5.86. The van der Waals surface area contributed by atoms with Gasteiger partial charge in [0.1, 0.15) is 17.5 Å². The largest absolute Gasteiger partial charge is 0.444 e. The van der Waals surface area contributed by atoms with Gasteiger partial charge >= 0.3 is 13.7 Å². The zero-order chi connectivity index (χ0) is 17.0. The van der Waals surface area contributed by atoms with Crippen molar-refractivity contribution in [3.05, 3.63) is 29.8 Å². The third-order valence-corrected chi connectivity index (χ3v) is 3.15. The minimum absolute atomic E-state index is 0.0716. The number of carbonyl (C=O) groups is 2. The first-order valence-electron chi connectivity index (χ1n) is 6.60. The van der Waals surface area contributed by atoms with Crippen LogP contribution in [0, 0.1) is 0 Å². The third kappa shape index (κ3) is 7.93. The lowest BCUT2D eigenvalue weighted by Crippen LogP contribution is -2.27. The number of benzene rings is 1. The molecule has 8 heteroatoms. The summed E-state index contributed by atoms with van der Waals surface area (Å²) < 4.78 is 15.8. The van der Waals surface area contributed by atoms with Crippen molar-refractivity contribution in [3.8, 4) is 0 Å². The Morgan fingerprint density at radius 2 is 1.73 bits per heavy atom. The van der Waals surface area contributed by atoms with E-state index in [-0.39, 0.29) is 6.42 Å². The molecule has 1 aromatic rings. The molecule has 0 atom stereocenters. The molecule has 0 aromatic heterocycles. The molecule has 22 heavy (non-hydrogen) atoms. The average Bonchev–Trinajstić information content (AvgIpc) is 2.26. The number of rotatable bonds is 5. The number of hydrogen-bond acceptors (Lipinski definition) is 4. The molecule has 0 aliphatic carbocycles. The summed E-state index contributed by atoms with van der Waals surface area (Å²) in [7, 11) is -4.33. The fraction of sp³-hybridized carbons (Fsp3) is 0.429. The number of Topliss-reactive ketones (excluding diaryl/α,β-unsaturated/α-hetero) is 1. The fourth-order valence-electron chi connectivity index (χ4n) is 1.64. The van der Waals surface area contributed by atoms with Crippen molar-refractivity contribution in [2.45, 2.75) is 32.8 Å². The molecule has 0 aliphatic rings. The Bertz CT molecular complexity index is 584. The highest BCUT2D eigenvalue weighted by Crippen LogP contribution is 2.34. The zero-order valence-corrected chi connectivity index (χ0v) is 13.6. The standard InChI is InChI=1S/C14H20NO6P/c1-14(2,3)21-13(17)15-11-6-4-10(5-7-11)8-12(16)9-22(18,19)20/h4-7H,8-9H2,1-3H3,(H,15,17)(H2,18,19,20). The number of nitrogens with one attached hydrogen (secondary N) is 1. The van der Waals surface area contributed by atoms with E-state index >= 15 is 0 Å². The summed E-state index contributed by atoms with van der Waals surface area (Å²) in [5.74, 6) is -0.541. The number of ketones is 1. The minimum atomic E-state index is -4.33. The molecule has 0 radical (unpaired) electrons. The molecule has 0 bridgehead atoms. The van der Waals surface area contributed by atoms with Gasteiger partial charge in [0.15, 0.2) is 0 Å². The maximum Gasteiger partial charge on any atom is 0.412 e. The first-order chi connectivity index (χ1) is 9.94. The summed E-state index contributed by atoms with van der Waals surface area (Å²) in [6.45, 7) is 5.26. The Balaban J connectivity index is 2.58. The number of carbonyl (C=O) groups excluding carboxylic acids is 2. The van der Waals surface area contributed by atoms with Gasteiger partial charge in [0.05, 0.1) is 0 Å². The van der Waals surface area contributed by atoms with Gasteiger partial charge in [-0.25, -0.2) is 4.79 Å². The van der Waals surface area contributed by atoms with Crippen LogP contribution in [0.5, 0.6) is 0 Å². The van der Waals surface area contributed by atoms with Crippen molar-refractivity contribution in [1.82, 2.24) is 0 Å². The van der Waals surface area contributed by atoms with E-state index in [1.54, 1.807) is 45.0 Å². The van der Waals surface area contributed by atoms with Crippen molar-refractivity contribution in [1.29, 1.82) is 0 Å². The number of amides is 1. The first-order valence-corrected chi connectivity index (χ1v) is 8.39. The van der Waals surface area contributed by atoms with Crippen LogP contribution < -0.4 is 5.32 Å². The van der Waals surface area contributed by atoms with Crippen LogP contribution in [0.3, 0.4) is 0 Å². The van der Waals surface area contributed by atoms with Crippen LogP contribution in [-0.4, -0.2) is 33.4 Å². The Morgan fingerprint density at radius 3 is 2.18 bits per heavy atom. The Labute approximate surface area is 128 Å². The van der Waals surface area contributed by atoms with Crippen LogP contribution in [-0.2, 0) is 20.5 Å². The lowest BCUT2D eigenvalue weighted by Gasteiger charge is -2.19. The predicted molar refractivity (Wildman–Crippen MR) is 81.9 cm³/mol. The summed E-state index contributed by atoms with van der Waals surface area (Å²) in [6, 6.07) is 6.38. The molecule has 3 N–H and O–H groups in total. The highest BCUT2D eigenvalue weighted by atomic mass is 31.2. The summed E-state index contributed by atoms with van der Waals surface area (Å²) in [5, 5.41) is 2.55. The van der Waals surface area contributed by atoms with Crippen LogP contribution in [0.2, 0.25) is 0 Å². The Hall–Kier alpha value is -1.69. The molecule has 0 spiro atoms. The second kappa shape index (κ2) is 7.05. The van der Waals surface area contributed by atoms with E-state index in [2.05, 4.69) is 5.32 Å². The van der Waals surface area contributed by atoms with Crippen LogP contribution in [0.1, 0.15) is 26.3 Å². The Morgan fingerprint density at radius 1 is 1.18 bits per heavy atom. The van der Waals surface area contributed by atoms with Gasteiger partial charge in [0.2, 0.25) is 0 Å². The number of hydrogen-bond donors (Lipinski definition) is 3.